The van der Waals surface area contributed by atoms with Crippen LogP contribution in [-0.4, -0.2) is 17.8 Å². The summed E-state index contributed by atoms with van der Waals surface area (Å²) in [6, 6.07) is 26.3. The maximum Gasteiger partial charge on any atom is 0.343 e. The van der Waals surface area contributed by atoms with E-state index >= 15 is 0 Å². The average molecular weight is 578 g/mol. The van der Waals surface area contributed by atoms with Crippen LogP contribution in [0.4, 0.5) is 16.2 Å². The first-order chi connectivity index (χ1) is 18.8. The molecule has 4 amide bonds. The zero-order valence-electron chi connectivity index (χ0n) is 20.2. The molecule has 0 aliphatic carbocycles. The molecule has 0 spiro atoms. The number of carbonyl (C=O) groups is 3. The maximum atomic E-state index is 13.5. The second-order valence-corrected chi connectivity index (χ2v) is 9.78. The topological polar surface area (TPSA) is 66.9 Å². The van der Waals surface area contributed by atoms with Gasteiger partial charge in [0.15, 0.2) is 5.75 Å². The Balaban J connectivity index is 1.52. The largest absolute Gasteiger partial charge is 0.486 e. The van der Waals surface area contributed by atoms with E-state index in [4.69, 9.17) is 39.5 Å². The van der Waals surface area contributed by atoms with Gasteiger partial charge in [-0.15, -0.1) is 0 Å². The summed E-state index contributed by atoms with van der Waals surface area (Å²) >= 11 is 19.0. The van der Waals surface area contributed by atoms with E-state index in [9.17, 15) is 14.4 Å². The number of hydrogen-bond acceptors (Lipinski definition) is 4. The minimum atomic E-state index is -0.777. The number of benzene rings is 4. The summed E-state index contributed by atoms with van der Waals surface area (Å²) in [4.78, 5) is 42.4. The van der Waals surface area contributed by atoms with Crippen molar-refractivity contribution in [2.45, 2.75) is 6.61 Å². The fourth-order valence-electron chi connectivity index (χ4n) is 4.09. The molecule has 1 aliphatic rings. The van der Waals surface area contributed by atoms with Gasteiger partial charge in [0.2, 0.25) is 0 Å². The van der Waals surface area contributed by atoms with Crippen LogP contribution in [0.3, 0.4) is 0 Å². The number of rotatable bonds is 6. The highest BCUT2D eigenvalue weighted by Crippen LogP contribution is 2.36. The van der Waals surface area contributed by atoms with Gasteiger partial charge in [0.05, 0.1) is 21.4 Å². The van der Waals surface area contributed by atoms with Crippen molar-refractivity contribution in [2.24, 2.45) is 0 Å². The number of hydrogen-bond donors (Lipinski definition) is 0. The number of nitrogens with zero attached hydrogens (tertiary/aromatic N) is 2. The number of imide groups is 2. The van der Waals surface area contributed by atoms with Gasteiger partial charge in [0, 0.05) is 5.02 Å². The Morgan fingerprint density at radius 3 is 1.72 bits per heavy atom. The van der Waals surface area contributed by atoms with Gasteiger partial charge < -0.3 is 4.74 Å². The lowest BCUT2D eigenvalue weighted by Gasteiger charge is -2.33. The number of halogens is 3. The summed E-state index contributed by atoms with van der Waals surface area (Å²) in [7, 11) is 0. The van der Waals surface area contributed by atoms with E-state index in [-0.39, 0.29) is 28.0 Å². The van der Waals surface area contributed by atoms with Crippen molar-refractivity contribution in [2.75, 3.05) is 9.80 Å². The van der Waals surface area contributed by atoms with Crippen LogP contribution in [-0.2, 0) is 16.2 Å². The number of amides is 4. The number of para-hydroxylation sites is 2. The molecule has 39 heavy (non-hydrogen) atoms. The predicted octanol–water partition coefficient (Wildman–Crippen LogP) is 7.81. The highest BCUT2D eigenvalue weighted by molar-refractivity contribution is 6.46. The molecule has 1 aliphatic heterocycles. The number of carbonyl (C=O) groups excluding carboxylic acids is 3. The van der Waals surface area contributed by atoms with Crippen molar-refractivity contribution in [3.05, 3.63) is 129 Å². The zero-order chi connectivity index (χ0) is 27.5. The molecule has 0 aromatic heterocycles. The van der Waals surface area contributed by atoms with Crippen molar-refractivity contribution in [1.29, 1.82) is 0 Å². The van der Waals surface area contributed by atoms with E-state index in [1.807, 2.05) is 6.07 Å². The zero-order valence-corrected chi connectivity index (χ0v) is 22.5. The van der Waals surface area contributed by atoms with Crippen LogP contribution in [0.5, 0.6) is 5.75 Å². The Morgan fingerprint density at radius 2 is 1.21 bits per heavy atom. The van der Waals surface area contributed by atoms with Gasteiger partial charge in [0.25, 0.3) is 11.8 Å². The van der Waals surface area contributed by atoms with Crippen LogP contribution in [0, 0.1) is 0 Å². The quantitative estimate of drug-likeness (QED) is 0.173. The standard InChI is InChI=1S/C30H19Cl3N2O4/c31-21-9-7-8-19(14-21)18-39-27-25(32)16-20(17-26(27)33)15-24-28(36)34(22-10-3-1-4-11-22)30(38)35(29(24)37)23-12-5-2-6-13-23/h1-17H,18H2. The summed E-state index contributed by atoms with van der Waals surface area (Å²) in [5.41, 5.74) is 1.63. The molecule has 9 heteroatoms. The normalized spacial score (nSPS) is 13.6. The summed E-state index contributed by atoms with van der Waals surface area (Å²) < 4.78 is 5.82. The van der Waals surface area contributed by atoms with Crippen molar-refractivity contribution in [3.63, 3.8) is 0 Å². The molecular weight excluding hydrogens is 559 g/mol. The van der Waals surface area contributed by atoms with E-state index in [0.29, 0.717) is 22.0 Å². The van der Waals surface area contributed by atoms with Crippen LogP contribution in [0.15, 0.2) is 103 Å². The molecule has 0 N–H and O–H groups in total. The van der Waals surface area contributed by atoms with Crippen molar-refractivity contribution >= 4 is 70.1 Å². The van der Waals surface area contributed by atoms with E-state index in [0.717, 1.165) is 15.4 Å². The molecule has 5 rings (SSSR count). The van der Waals surface area contributed by atoms with Crippen LogP contribution < -0.4 is 14.5 Å². The first-order valence-corrected chi connectivity index (χ1v) is 12.9. The van der Waals surface area contributed by atoms with Crippen LogP contribution in [0.1, 0.15) is 11.1 Å². The third-order valence-electron chi connectivity index (χ3n) is 5.88. The summed E-state index contributed by atoms with van der Waals surface area (Å²) in [5.74, 6) is -1.29. The van der Waals surface area contributed by atoms with Gasteiger partial charge >= 0.3 is 6.03 Å². The van der Waals surface area contributed by atoms with Crippen molar-refractivity contribution in [3.8, 4) is 5.75 Å². The SMILES string of the molecule is O=C1C(=Cc2cc(Cl)c(OCc3cccc(Cl)c3)c(Cl)c2)C(=O)N(c2ccccc2)C(=O)N1c1ccccc1. The van der Waals surface area contributed by atoms with Crippen LogP contribution in [0.25, 0.3) is 6.08 Å². The van der Waals surface area contributed by atoms with Gasteiger partial charge in [-0.25, -0.2) is 14.6 Å². The molecule has 1 saturated heterocycles. The highest BCUT2D eigenvalue weighted by Gasteiger charge is 2.43. The predicted molar refractivity (Wildman–Crippen MR) is 153 cm³/mol. The van der Waals surface area contributed by atoms with E-state index in [1.165, 1.54) is 18.2 Å². The Bertz CT molecular complexity index is 1520. The summed E-state index contributed by atoms with van der Waals surface area (Å²) in [6.45, 7) is 0.178. The smallest absolute Gasteiger partial charge is 0.343 e. The Labute approximate surface area is 239 Å². The van der Waals surface area contributed by atoms with Crippen LogP contribution in [0.2, 0.25) is 15.1 Å². The minimum absolute atomic E-state index is 0.178. The third-order valence-corrected chi connectivity index (χ3v) is 6.68. The third kappa shape index (κ3) is 5.54. The minimum Gasteiger partial charge on any atom is -0.486 e. The van der Waals surface area contributed by atoms with Crippen molar-refractivity contribution < 1.29 is 19.1 Å². The van der Waals surface area contributed by atoms with Gasteiger partial charge in [-0.2, -0.15) is 0 Å². The van der Waals surface area contributed by atoms with Gasteiger partial charge in [-0.3, -0.25) is 9.59 Å². The van der Waals surface area contributed by atoms with Gasteiger partial charge in [0.1, 0.15) is 12.2 Å². The molecule has 194 valence electrons. The lowest BCUT2D eigenvalue weighted by Crippen LogP contribution is -2.57. The highest BCUT2D eigenvalue weighted by atomic mass is 35.5. The molecule has 6 nitrogen and oxygen atoms in total. The monoisotopic (exact) mass is 576 g/mol. The maximum absolute atomic E-state index is 13.5. The summed E-state index contributed by atoms with van der Waals surface area (Å²) in [6.07, 6.45) is 1.36. The molecule has 1 heterocycles. The van der Waals surface area contributed by atoms with Gasteiger partial charge in [-0.1, -0.05) is 83.3 Å². The van der Waals surface area contributed by atoms with E-state index in [2.05, 4.69) is 0 Å². The molecular formula is C30H19Cl3N2O4. The first kappa shape index (κ1) is 26.5. The molecule has 0 atom stereocenters. The molecule has 0 saturated carbocycles. The van der Waals surface area contributed by atoms with E-state index in [1.54, 1.807) is 78.9 Å². The number of ether oxygens (including phenoxy) is 1. The Hall–Kier alpha value is -4.10. The Kier molecular flexibility index (Phi) is 7.70. The number of barbiturate groups is 1. The number of urea groups is 1. The first-order valence-electron chi connectivity index (χ1n) is 11.7. The average Bonchev–Trinajstić information content (AvgIpc) is 2.92. The Morgan fingerprint density at radius 1 is 0.667 bits per heavy atom. The second kappa shape index (κ2) is 11.3. The van der Waals surface area contributed by atoms with Gasteiger partial charge in [-0.05, 0) is 65.7 Å². The molecule has 0 radical (unpaired) electrons. The number of anilines is 2. The molecule has 0 unspecified atom stereocenters. The van der Waals surface area contributed by atoms with Crippen LogP contribution >= 0.6 is 34.8 Å². The fraction of sp³-hybridized carbons (Fsp3) is 0.0333. The molecule has 0 bridgehead atoms. The van der Waals surface area contributed by atoms with E-state index < -0.39 is 17.8 Å². The molecule has 4 aromatic carbocycles. The fourth-order valence-corrected chi connectivity index (χ4v) is 4.91. The lowest BCUT2D eigenvalue weighted by atomic mass is 10.0. The summed E-state index contributed by atoms with van der Waals surface area (Å²) in [5, 5.41) is 0.940. The molecule has 4 aromatic rings. The molecule has 1 fully saturated rings. The lowest BCUT2D eigenvalue weighted by molar-refractivity contribution is -0.121. The van der Waals surface area contributed by atoms with Crippen molar-refractivity contribution in [1.82, 2.24) is 0 Å². The second-order valence-electron chi connectivity index (χ2n) is 8.53.